The van der Waals surface area contributed by atoms with E-state index in [2.05, 4.69) is 56.4 Å². The van der Waals surface area contributed by atoms with Crippen LogP contribution >= 0.6 is 23.1 Å². The predicted molar refractivity (Wildman–Crippen MR) is 135 cm³/mol. The van der Waals surface area contributed by atoms with Gasteiger partial charge < -0.3 is 5.32 Å². The van der Waals surface area contributed by atoms with Crippen molar-refractivity contribution in [3.63, 3.8) is 0 Å². The molecule has 4 heterocycles. The zero-order valence-corrected chi connectivity index (χ0v) is 18.7. The van der Waals surface area contributed by atoms with E-state index in [4.69, 9.17) is 0 Å². The van der Waals surface area contributed by atoms with Crippen LogP contribution in [-0.2, 0) is 0 Å². The van der Waals surface area contributed by atoms with Gasteiger partial charge in [-0.05, 0) is 66.0 Å². The van der Waals surface area contributed by atoms with Gasteiger partial charge >= 0.3 is 0 Å². The molecule has 0 radical (unpaired) electrons. The Morgan fingerprint density at radius 3 is 1.90 bits per heavy atom. The number of para-hydroxylation sites is 2. The van der Waals surface area contributed by atoms with Gasteiger partial charge in [-0.2, -0.15) is 23.1 Å². The molecule has 2 fully saturated rings. The zero-order valence-electron chi connectivity index (χ0n) is 17.1. The quantitative estimate of drug-likeness (QED) is 0.337. The summed E-state index contributed by atoms with van der Waals surface area (Å²) in [5, 5.41) is 7.42. The van der Waals surface area contributed by atoms with E-state index in [1.807, 2.05) is 42.2 Å². The number of hydrogen-bond donors (Lipinski definition) is 1. The molecule has 0 saturated carbocycles. The molecule has 30 heavy (non-hydrogen) atoms. The molecule has 7 rings (SSSR count). The molecule has 0 spiro atoms. The van der Waals surface area contributed by atoms with E-state index in [0.29, 0.717) is 0 Å². The number of rotatable bonds is 1. The van der Waals surface area contributed by atoms with Crippen molar-refractivity contribution in [3.8, 4) is 11.1 Å². The van der Waals surface area contributed by atoms with Gasteiger partial charge in [0.2, 0.25) is 0 Å². The second-order valence-electron chi connectivity index (χ2n) is 7.22. The monoisotopic (exact) mass is 433 g/mol. The number of benzene rings is 2. The number of thioether (sulfide) groups is 1. The molecule has 1 aromatic carbocycles. The molecule has 1 aromatic heterocycles. The lowest BCUT2D eigenvalue weighted by Crippen LogP contribution is -2.03. The van der Waals surface area contributed by atoms with Crippen molar-refractivity contribution >= 4 is 46.4 Å². The Hall–Kier alpha value is -2.21. The van der Waals surface area contributed by atoms with Gasteiger partial charge in [-0.1, -0.05) is 36.4 Å². The fourth-order valence-electron chi connectivity index (χ4n) is 2.99. The molecule has 2 aliphatic carbocycles. The highest BCUT2D eigenvalue weighted by atomic mass is 32.2. The van der Waals surface area contributed by atoms with Crippen LogP contribution in [0.4, 0.5) is 11.4 Å². The predicted octanol–water partition coefficient (Wildman–Crippen LogP) is 6.74. The Morgan fingerprint density at radius 1 is 0.767 bits per heavy atom. The van der Waals surface area contributed by atoms with Gasteiger partial charge in [0.1, 0.15) is 0 Å². The molecule has 3 aliphatic heterocycles. The van der Waals surface area contributed by atoms with Crippen molar-refractivity contribution in [1.82, 2.24) is 5.32 Å². The van der Waals surface area contributed by atoms with Crippen molar-refractivity contribution in [3.05, 3.63) is 70.9 Å². The highest BCUT2D eigenvalue weighted by Crippen LogP contribution is 2.30. The summed E-state index contributed by atoms with van der Waals surface area (Å²) in [7, 11) is 0. The van der Waals surface area contributed by atoms with Crippen LogP contribution in [0.15, 0.2) is 75.3 Å². The minimum Gasteiger partial charge on any atom is -0.317 e. The second kappa shape index (κ2) is 11.3. The first-order valence-electron chi connectivity index (χ1n) is 10.5. The summed E-state index contributed by atoms with van der Waals surface area (Å²) in [6, 6.07) is 18.6. The molecular weight excluding hydrogens is 406 g/mol. The summed E-state index contributed by atoms with van der Waals surface area (Å²) >= 11 is 3.70. The maximum atomic E-state index is 4.68. The molecule has 2 aromatic rings. The number of aliphatic imine (C=N–C) groups is 2. The smallest absolute Gasteiger partial charge is 0.0889 e. The molecule has 0 bridgehead atoms. The molecular formula is C25H27N3S2. The molecule has 0 unspecified atom stereocenters. The van der Waals surface area contributed by atoms with Gasteiger partial charge in [-0.3, -0.25) is 9.98 Å². The fraction of sp³-hybridized carbons (Fsp3) is 0.280. The average Bonchev–Trinajstić information content (AvgIpc) is 3.36. The third-order valence-electron chi connectivity index (χ3n) is 4.89. The molecule has 1 N–H and O–H groups in total. The number of nitrogens with one attached hydrogen (secondary N) is 1. The van der Waals surface area contributed by atoms with Gasteiger partial charge in [0.05, 0.1) is 17.1 Å². The van der Waals surface area contributed by atoms with E-state index >= 15 is 0 Å². The van der Waals surface area contributed by atoms with Crippen LogP contribution in [0, 0.1) is 0 Å². The third kappa shape index (κ3) is 6.39. The first-order valence-corrected chi connectivity index (χ1v) is 12.6. The van der Waals surface area contributed by atoms with Crippen LogP contribution in [0.25, 0.3) is 11.1 Å². The Labute approximate surface area is 187 Å². The van der Waals surface area contributed by atoms with E-state index in [1.165, 1.54) is 54.1 Å². The van der Waals surface area contributed by atoms with Gasteiger partial charge in [-0.25, -0.2) is 0 Å². The van der Waals surface area contributed by atoms with Gasteiger partial charge in [0, 0.05) is 29.7 Å². The van der Waals surface area contributed by atoms with Gasteiger partial charge in [-0.15, -0.1) is 0 Å². The van der Waals surface area contributed by atoms with Crippen LogP contribution in [0.1, 0.15) is 24.8 Å². The standard InChI is InChI=1S/C13H10N2S.C6H4.C4H9N.C2H4S/c1-2-4-13-12(3-1)14-7-5-11(15-13)10-6-8-16-9-10;1-2-6-4-3-5(1)6;1-2-4-5-3-1;1-2-3-1/h1-4,6-9H,5H2;1-4H;5H,1-4H2;1-2H2. The fourth-order valence-corrected chi connectivity index (χ4v) is 3.65. The summed E-state index contributed by atoms with van der Waals surface area (Å²) in [6.45, 7) is 2.50. The zero-order chi connectivity index (χ0) is 20.4. The summed E-state index contributed by atoms with van der Waals surface area (Å²) in [5.74, 6) is 2.83. The molecule has 0 amide bonds. The molecule has 0 atom stereocenters. The van der Waals surface area contributed by atoms with Gasteiger partial charge in [0.15, 0.2) is 0 Å². The van der Waals surface area contributed by atoms with E-state index < -0.39 is 0 Å². The summed E-state index contributed by atoms with van der Waals surface area (Å²) in [4.78, 5) is 9.09. The molecule has 154 valence electrons. The minimum absolute atomic E-state index is 0.797. The van der Waals surface area contributed by atoms with E-state index in [0.717, 1.165) is 23.5 Å². The number of hydrogen-bond acceptors (Lipinski definition) is 5. The highest BCUT2D eigenvalue weighted by molar-refractivity contribution is 8.06. The van der Waals surface area contributed by atoms with Crippen LogP contribution in [-0.4, -0.2) is 36.5 Å². The lowest BCUT2D eigenvalue weighted by atomic mass is 9.95. The van der Waals surface area contributed by atoms with E-state index in [1.54, 1.807) is 11.3 Å². The highest BCUT2D eigenvalue weighted by Gasteiger charge is 2.08. The van der Waals surface area contributed by atoms with Crippen molar-refractivity contribution in [2.24, 2.45) is 9.98 Å². The maximum Gasteiger partial charge on any atom is 0.0889 e. The van der Waals surface area contributed by atoms with Crippen LogP contribution in [0.5, 0.6) is 0 Å². The summed E-state index contributed by atoms with van der Waals surface area (Å²) in [5.41, 5.74) is 7.05. The summed E-state index contributed by atoms with van der Waals surface area (Å²) in [6.07, 6.45) is 5.51. The number of fused-ring (bicyclic) bond motifs is 2. The molecule has 3 nitrogen and oxygen atoms in total. The molecule has 5 heteroatoms. The lowest BCUT2D eigenvalue weighted by Gasteiger charge is -2.10. The molecule has 5 aliphatic rings. The Balaban J connectivity index is 0.000000125. The largest absolute Gasteiger partial charge is 0.317 e. The molecule has 2 saturated heterocycles. The van der Waals surface area contributed by atoms with Crippen molar-refractivity contribution in [1.29, 1.82) is 0 Å². The number of nitrogens with zero attached hydrogens (tertiary/aromatic N) is 2. The Morgan fingerprint density at radius 2 is 1.43 bits per heavy atom. The topological polar surface area (TPSA) is 36.8 Å². The Kier molecular flexibility index (Phi) is 7.89. The van der Waals surface area contributed by atoms with Crippen molar-refractivity contribution < 1.29 is 0 Å². The Bertz CT molecular complexity index is 939. The second-order valence-corrected chi connectivity index (χ2v) is 9.23. The average molecular weight is 434 g/mol. The van der Waals surface area contributed by atoms with Crippen molar-refractivity contribution in [2.45, 2.75) is 19.3 Å². The van der Waals surface area contributed by atoms with Gasteiger partial charge in [0.25, 0.3) is 0 Å². The summed E-state index contributed by atoms with van der Waals surface area (Å²) < 4.78 is 0. The number of thiophene rings is 1. The van der Waals surface area contributed by atoms with E-state index in [-0.39, 0.29) is 0 Å². The first-order chi connectivity index (χ1) is 14.9. The SMILES string of the molecule is C1=Nc2ccccc2N=C(c2ccsc2)C1.C1CCNC1.C1CS1.c1cc2ccc1-2. The van der Waals surface area contributed by atoms with E-state index in [9.17, 15) is 0 Å². The maximum absolute atomic E-state index is 4.68. The van der Waals surface area contributed by atoms with Crippen LogP contribution in [0.3, 0.4) is 0 Å². The normalized spacial score (nSPS) is 16.2. The first kappa shape index (κ1) is 21.0. The lowest BCUT2D eigenvalue weighted by molar-refractivity contribution is 0.857. The third-order valence-corrected chi connectivity index (χ3v) is 5.98. The van der Waals surface area contributed by atoms with Crippen LogP contribution in [0.2, 0.25) is 0 Å². The van der Waals surface area contributed by atoms with Crippen LogP contribution < -0.4 is 5.32 Å². The minimum atomic E-state index is 0.797. The van der Waals surface area contributed by atoms with Crippen molar-refractivity contribution in [2.75, 3.05) is 24.6 Å².